The molecule has 0 saturated heterocycles. The van der Waals surface area contributed by atoms with Crippen molar-refractivity contribution in [2.75, 3.05) is 6.61 Å². The van der Waals surface area contributed by atoms with E-state index in [1.165, 1.54) is 6.42 Å². The zero-order valence-electron chi connectivity index (χ0n) is 22.1. The van der Waals surface area contributed by atoms with Crippen LogP contribution in [0.1, 0.15) is 94.4 Å². The maximum absolute atomic E-state index is 11.5. The molecule has 1 aromatic rings. The molecule has 1 saturated carbocycles. The minimum Gasteiger partial charge on any atom is -0.476 e. The molecule has 1 N–H and O–H groups in total. The van der Waals surface area contributed by atoms with Crippen molar-refractivity contribution in [2.45, 2.75) is 118 Å². The van der Waals surface area contributed by atoms with Crippen LogP contribution in [0, 0.1) is 10.8 Å². The Morgan fingerprint density at radius 2 is 1.64 bits per heavy atom. The van der Waals surface area contributed by atoms with Crippen LogP contribution in [0.15, 0.2) is 0 Å². The van der Waals surface area contributed by atoms with Gasteiger partial charge in [0.25, 0.3) is 0 Å². The molecule has 7 heteroatoms. The molecule has 0 spiro atoms. The molecule has 0 aromatic carbocycles. The minimum atomic E-state index is -1.11. The molecule has 2 aliphatic carbocycles. The van der Waals surface area contributed by atoms with Crippen molar-refractivity contribution in [1.29, 1.82) is 0 Å². The number of Topliss-reactive ketones (excluding diaryl/α,β-unsaturated/α-hetero) is 1. The van der Waals surface area contributed by atoms with Gasteiger partial charge in [-0.05, 0) is 49.0 Å². The molecule has 1 unspecified atom stereocenters. The predicted octanol–water partition coefficient (Wildman–Crippen LogP) is 6.34. The van der Waals surface area contributed by atoms with Crippen LogP contribution in [0.5, 0.6) is 0 Å². The van der Waals surface area contributed by atoms with Gasteiger partial charge in [-0.15, -0.1) is 0 Å². The Hall–Kier alpha value is -1.47. The number of hydrogen-bond acceptors (Lipinski definition) is 4. The number of ketones is 1. The van der Waals surface area contributed by atoms with Gasteiger partial charge in [-0.3, -0.25) is 4.79 Å². The second-order valence-corrected chi connectivity index (χ2v) is 17.6. The van der Waals surface area contributed by atoms with E-state index in [1.807, 2.05) is 0 Å². The van der Waals surface area contributed by atoms with Crippen LogP contribution < -0.4 is 0 Å². The lowest BCUT2D eigenvalue weighted by atomic mass is 9.73. The summed E-state index contributed by atoms with van der Waals surface area (Å²) in [7, 11) is -1.11. The Morgan fingerprint density at radius 1 is 1.06 bits per heavy atom. The molecule has 1 heterocycles. The molecule has 2 aliphatic rings. The molecule has 3 rings (SSSR count). The highest BCUT2D eigenvalue weighted by Gasteiger charge is 2.34. The fourth-order valence-corrected chi connectivity index (χ4v) is 5.27. The summed E-state index contributed by atoms with van der Waals surface area (Å²) in [5.74, 6) is -0.465. The van der Waals surface area contributed by atoms with Crippen LogP contribution in [-0.2, 0) is 29.1 Å². The number of nitrogens with zero attached hydrogens (tertiary/aromatic N) is 2. The molecule has 6 nitrogen and oxygen atoms in total. The number of aromatic nitrogens is 2. The summed E-state index contributed by atoms with van der Waals surface area (Å²) < 4.78 is 7.59. The van der Waals surface area contributed by atoms with Gasteiger partial charge in [0, 0.05) is 38.8 Å². The zero-order chi connectivity index (χ0) is 24.9. The highest BCUT2D eigenvalue weighted by Crippen LogP contribution is 2.39. The maximum Gasteiger partial charge on any atom is 0.356 e. The van der Waals surface area contributed by atoms with Gasteiger partial charge in [0.2, 0.25) is 0 Å². The van der Waals surface area contributed by atoms with E-state index in [0.29, 0.717) is 17.9 Å². The third kappa shape index (κ3) is 8.06. The van der Waals surface area contributed by atoms with E-state index in [1.54, 1.807) is 4.68 Å². The molecule has 0 aliphatic heterocycles. The molecule has 0 bridgehead atoms. The van der Waals surface area contributed by atoms with Crippen LogP contribution >= 0.6 is 0 Å². The number of rotatable bonds is 8. The van der Waals surface area contributed by atoms with Gasteiger partial charge in [0.05, 0.1) is 0 Å². The van der Waals surface area contributed by atoms with Gasteiger partial charge in [-0.1, -0.05) is 60.2 Å². The second-order valence-electron chi connectivity index (χ2n) is 12.0. The molecular weight excluding hydrogens is 432 g/mol. The van der Waals surface area contributed by atoms with Crippen LogP contribution in [-0.4, -0.2) is 41.3 Å². The average Bonchev–Trinajstić information content (AvgIpc) is 3.11. The largest absolute Gasteiger partial charge is 0.476 e. The molecule has 0 radical (unpaired) electrons. The zero-order valence-corrected chi connectivity index (χ0v) is 23.1. The van der Waals surface area contributed by atoms with Gasteiger partial charge < -0.3 is 9.84 Å². The number of carboxylic acids is 1. The number of carbonyl (C=O) groups is 2. The van der Waals surface area contributed by atoms with Gasteiger partial charge in [-0.25, -0.2) is 9.48 Å². The average molecular weight is 479 g/mol. The van der Waals surface area contributed by atoms with E-state index in [2.05, 4.69) is 52.4 Å². The third-order valence-corrected chi connectivity index (χ3v) is 9.58. The Balaban J connectivity index is 0.000000321. The first-order chi connectivity index (χ1) is 15.3. The lowest BCUT2D eigenvalue weighted by Gasteiger charge is -2.33. The van der Waals surface area contributed by atoms with Crippen molar-refractivity contribution < 1.29 is 19.4 Å². The van der Waals surface area contributed by atoms with E-state index >= 15 is 0 Å². The van der Waals surface area contributed by atoms with Crippen molar-refractivity contribution >= 4 is 19.8 Å². The van der Waals surface area contributed by atoms with Gasteiger partial charge in [0.15, 0.2) is 5.69 Å². The summed E-state index contributed by atoms with van der Waals surface area (Å²) in [6.45, 7) is 17.0. The maximum atomic E-state index is 11.5. The number of aromatic carboxylic acids is 1. The normalized spacial score (nSPS) is 22.3. The summed E-state index contributed by atoms with van der Waals surface area (Å²) in [5, 5.41) is 13.7. The van der Waals surface area contributed by atoms with Crippen molar-refractivity contribution in [1.82, 2.24) is 9.78 Å². The lowest BCUT2D eigenvalue weighted by Crippen LogP contribution is -2.27. The highest BCUT2D eigenvalue weighted by atomic mass is 28.3. The van der Waals surface area contributed by atoms with E-state index in [9.17, 15) is 14.7 Å². The fraction of sp³-hybridized carbons (Fsp3) is 0.808. The number of fused-ring (bicyclic) bond motifs is 1. The summed E-state index contributed by atoms with van der Waals surface area (Å²) in [5.41, 5.74) is 2.91. The molecule has 1 aromatic heterocycles. The Labute approximate surface area is 201 Å². The van der Waals surface area contributed by atoms with E-state index in [-0.39, 0.29) is 11.1 Å². The van der Waals surface area contributed by atoms with E-state index in [0.717, 1.165) is 75.3 Å². The molecule has 33 heavy (non-hydrogen) atoms. The Kier molecular flexibility index (Phi) is 9.51. The molecule has 188 valence electrons. The van der Waals surface area contributed by atoms with Gasteiger partial charge in [-0.2, -0.15) is 5.10 Å². The summed E-state index contributed by atoms with van der Waals surface area (Å²) >= 11 is 0. The predicted molar refractivity (Wildman–Crippen MR) is 136 cm³/mol. The van der Waals surface area contributed by atoms with Crippen molar-refractivity contribution in [3.8, 4) is 0 Å². The summed E-state index contributed by atoms with van der Waals surface area (Å²) in [4.78, 5) is 22.3. The summed E-state index contributed by atoms with van der Waals surface area (Å²) in [6.07, 6.45) is 8.90. The van der Waals surface area contributed by atoms with Crippen LogP contribution in [0.2, 0.25) is 25.7 Å². The SMILES string of the molecule is CCC1(C)CCC(=O)CC1.CCC1(C)CCc2c(C(=O)O)nn(COCC[Si](C)(C)C)c2C1. The van der Waals surface area contributed by atoms with Crippen molar-refractivity contribution in [3.63, 3.8) is 0 Å². The van der Waals surface area contributed by atoms with Crippen LogP contribution in [0.3, 0.4) is 0 Å². The standard InChI is InChI=1S/C17H30N2O3Si.C9H16O/c1-6-17(2)8-7-13-14(11-17)19(18-15(13)16(20)21)12-22-9-10-23(3,4)5;1-3-9(2)6-4-8(10)5-7-9/h6-12H2,1-5H3,(H,20,21);3-7H2,1-2H3. The van der Waals surface area contributed by atoms with Crippen molar-refractivity contribution in [2.24, 2.45) is 10.8 Å². The van der Waals surface area contributed by atoms with Crippen molar-refractivity contribution in [3.05, 3.63) is 17.0 Å². The third-order valence-electron chi connectivity index (χ3n) is 7.87. The molecule has 1 atom stereocenters. The number of ether oxygens (including phenoxy) is 1. The number of carbonyl (C=O) groups excluding carboxylic acids is 1. The first-order valence-electron chi connectivity index (χ1n) is 12.7. The molecular formula is C26H46N2O4Si. The van der Waals surface area contributed by atoms with Crippen LogP contribution in [0.4, 0.5) is 0 Å². The second kappa shape index (κ2) is 11.3. The van der Waals surface area contributed by atoms with Crippen LogP contribution in [0.25, 0.3) is 0 Å². The fourth-order valence-electron chi connectivity index (χ4n) is 4.51. The molecule has 1 fully saturated rings. The smallest absolute Gasteiger partial charge is 0.356 e. The first-order valence-corrected chi connectivity index (χ1v) is 16.4. The highest BCUT2D eigenvalue weighted by molar-refractivity contribution is 6.76. The van der Waals surface area contributed by atoms with E-state index < -0.39 is 14.0 Å². The Bertz CT molecular complexity index is 817. The quantitative estimate of drug-likeness (QED) is 0.348. The van der Waals surface area contributed by atoms with E-state index in [4.69, 9.17) is 4.74 Å². The lowest BCUT2D eigenvalue weighted by molar-refractivity contribution is -0.122. The topological polar surface area (TPSA) is 81.4 Å². The number of carboxylic acid groups (broad SMARTS) is 1. The summed E-state index contributed by atoms with van der Waals surface area (Å²) in [6, 6.07) is 1.11. The van der Waals surface area contributed by atoms with Gasteiger partial charge >= 0.3 is 5.97 Å². The Morgan fingerprint density at radius 3 is 2.15 bits per heavy atom. The molecule has 0 amide bonds. The number of hydrogen-bond donors (Lipinski definition) is 1. The minimum absolute atomic E-state index is 0.215. The van der Waals surface area contributed by atoms with Gasteiger partial charge in [0.1, 0.15) is 12.5 Å². The first kappa shape index (κ1) is 27.8. The monoisotopic (exact) mass is 478 g/mol.